The molecule has 0 aliphatic heterocycles. The number of fused-ring (bicyclic) bond motifs is 3. The van der Waals surface area contributed by atoms with Gasteiger partial charge in [0, 0.05) is 0 Å². The molecule has 2 aromatic heterocycles. The molecule has 9 heteroatoms. The van der Waals surface area contributed by atoms with Gasteiger partial charge in [-0.25, -0.2) is 9.78 Å². The van der Waals surface area contributed by atoms with Gasteiger partial charge in [0.05, 0.1) is 35.1 Å². The summed E-state index contributed by atoms with van der Waals surface area (Å²) in [5, 5.41) is 11.4. The highest BCUT2D eigenvalue weighted by Crippen LogP contribution is 2.25. The van der Waals surface area contributed by atoms with Crippen molar-refractivity contribution < 1.29 is 14.3 Å². The van der Waals surface area contributed by atoms with Crippen LogP contribution < -0.4 is 5.32 Å². The maximum atomic E-state index is 12.4. The lowest BCUT2D eigenvalue weighted by molar-refractivity contribution is -0.113. The minimum Gasteiger partial charge on any atom is -0.465 e. The molecule has 0 saturated heterocycles. The molecule has 0 bridgehead atoms. The predicted octanol–water partition coefficient (Wildman–Crippen LogP) is 2.79. The Morgan fingerprint density at radius 3 is 2.79 bits per heavy atom. The summed E-state index contributed by atoms with van der Waals surface area (Å²) in [7, 11) is 1.30. The topological polar surface area (TPSA) is 98.5 Å². The number of nitrogens with zero attached hydrogens (tertiary/aromatic N) is 4. The van der Waals surface area contributed by atoms with E-state index in [1.165, 1.54) is 18.9 Å². The molecule has 0 aliphatic rings. The lowest BCUT2D eigenvalue weighted by Gasteiger charge is -2.10. The van der Waals surface area contributed by atoms with Crippen LogP contribution >= 0.6 is 11.8 Å². The molecule has 4 aromatic rings. The molecule has 0 radical (unpaired) electrons. The van der Waals surface area contributed by atoms with Crippen molar-refractivity contribution in [1.82, 2.24) is 19.6 Å². The largest absolute Gasteiger partial charge is 0.465 e. The number of ether oxygens (including phenoxy) is 1. The first-order valence-corrected chi connectivity index (χ1v) is 9.34. The number of nitrogens with one attached hydrogen (secondary N) is 1. The number of thioether (sulfide) groups is 1. The van der Waals surface area contributed by atoms with Gasteiger partial charge in [-0.1, -0.05) is 36.0 Å². The zero-order valence-corrected chi connectivity index (χ0v) is 15.6. The highest BCUT2D eigenvalue weighted by Gasteiger charge is 2.15. The molecule has 0 fully saturated rings. The lowest BCUT2D eigenvalue weighted by Crippen LogP contribution is -2.17. The first kappa shape index (κ1) is 17.9. The molecule has 2 aromatic carbocycles. The number of rotatable bonds is 5. The van der Waals surface area contributed by atoms with Crippen LogP contribution in [0.4, 0.5) is 5.69 Å². The Bertz CT molecular complexity index is 1190. The van der Waals surface area contributed by atoms with Crippen molar-refractivity contribution in [3.8, 4) is 0 Å². The van der Waals surface area contributed by atoms with Crippen molar-refractivity contribution in [1.29, 1.82) is 0 Å². The smallest absolute Gasteiger partial charge is 0.339 e. The van der Waals surface area contributed by atoms with Gasteiger partial charge in [-0.05, 0) is 24.3 Å². The molecule has 0 spiro atoms. The van der Waals surface area contributed by atoms with E-state index in [2.05, 4.69) is 20.5 Å². The van der Waals surface area contributed by atoms with E-state index in [4.69, 9.17) is 4.74 Å². The number of anilines is 1. The van der Waals surface area contributed by atoms with Crippen molar-refractivity contribution >= 4 is 46.0 Å². The third-order valence-corrected chi connectivity index (χ3v) is 5.00. The summed E-state index contributed by atoms with van der Waals surface area (Å²) in [5.74, 6) is -0.678. The Morgan fingerprint density at radius 2 is 1.93 bits per heavy atom. The summed E-state index contributed by atoms with van der Waals surface area (Å²) in [6.07, 6.45) is 1.62. The zero-order chi connectivity index (χ0) is 19.5. The molecule has 140 valence electrons. The number of methoxy groups -OCH3 is 1. The maximum absolute atomic E-state index is 12.4. The number of para-hydroxylation sites is 3. The Labute approximate surface area is 163 Å². The fourth-order valence-corrected chi connectivity index (χ4v) is 3.55. The number of carbonyl (C=O) groups is 2. The van der Waals surface area contributed by atoms with Crippen molar-refractivity contribution in [3.63, 3.8) is 0 Å². The van der Waals surface area contributed by atoms with Gasteiger partial charge < -0.3 is 10.1 Å². The number of carbonyl (C=O) groups excluding carboxylic acids is 2. The van der Waals surface area contributed by atoms with Gasteiger partial charge in [0.1, 0.15) is 11.4 Å². The van der Waals surface area contributed by atoms with Crippen LogP contribution in [-0.4, -0.2) is 44.3 Å². The number of benzene rings is 2. The molecule has 28 heavy (non-hydrogen) atoms. The monoisotopic (exact) mass is 393 g/mol. The minimum absolute atomic E-state index is 0.101. The van der Waals surface area contributed by atoms with Gasteiger partial charge in [0.15, 0.2) is 5.65 Å². The minimum atomic E-state index is -0.509. The van der Waals surface area contributed by atoms with Gasteiger partial charge >= 0.3 is 5.97 Å². The molecule has 1 amide bonds. The van der Waals surface area contributed by atoms with E-state index in [9.17, 15) is 9.59 Å². The summed E-state index contributed by atoms with van der Waals surface area (Å²) >= 11 is 1.25. The summed E-state index contributed by atoms with van der Waals surface area (Å²) in [6.45, 7) is 0. The zero-order valence-electron chi connectivity index (χ0n) is 14.8. The van der Waals surface area contributed by atoms with Crippen LogP contribution in [0.2, 0.25) is 0 Å². The van der Waals surface area contributed by atoms with E-state index < -0.39 is 5.97 Å². The van der Waals surface area contributed by atoms with Crippen LogP contribution in [0.5, 0.6) is 0 Å². The molecular formula is C19H15N5O3S. The Morgan fingerprint density at radius 1 is 1.14 bits per heavy atom. The van der Waals surface area contributed by atoms with Crippen molar-refractivity contribution in [2.75, 3.05) is 18.2 Å². The highest BCUT2D eigenvalue weighted by atomic mass is 32.2. The lowest BCUT2D eigenvalue weighted by atomic mass is 10.2. The molecule has 1 N–H and O–H groups in total. The number of hydrogen-bond donors (Lipinski definition) is 1. The Kier molecular flexibility index (Phi) is 4.90. The molecule has 0 aliphatic carbocycles. The standard InChI is InChI=1S/C19H15N5O3S/c1-27-19(26)12-6-2-3-7-13(12)21-16(25)10-28-18-17-23-20-11-24(17)15-9-5-4-8-14(15)22-18/h2-9,11H,10H2,1H3,(H,21,25). The second-order valence-electron chi connectivity index (χ2n) is 5.80. The van der Waals surface area contributed by atoms with Gasteiger partial charge in [-0.15, -0.1) is 10.2 Å². The molecule has 2 heterocycles. The Balaban J connectivity index is 1.54. The van der Waals surface area contributed by atoms with Gasteiger partial charge in [-0.3, -0.25) is 9.20 Å². The van der Waals surface area contributed by atoms with Crippen LogP contribution in [0.15, 0.2) is 59.9 Å². The second-order valence-corrected chi connectivity index (χ2v) is 6.77. The first-order chi connectivity index (χ1) is 13.7. The number of esters is 1. The van der Waals surface area contributed by atoms with Gasteiger partial charge in [0.25, 0.3) is 0 Å². The fourth-order valence-electron chi connectivity index (χ4n) is 2.78. The average Bonchev–Trinajstić information content (AvgIpc) is 3.22. The van der Waals surface area contributed by atoms with E-state index in [1.807, 2.05) is 28.7 Å². The average molecular weight is 393 g/mol. The summed E-state index contributed by atoms with van der Waals surface area (Å²) in [6, 6.07) is 14.3. The van der Waals surface area contributed by atoms with E-state index >= 15 is 0 Å². The first-order valence-electron chi connectivity index (χ1n) is 8.36. The third kappa shape index (κ3) is 3.39. The Hall–Kier alpha value is -3.46. The van der Waals surface area contributed by atoms with Crippen LogP contribution in [0, 0.1) is 0 Å². The molecule has 8 nitrogen and oxygen atoms in total. The van der Waals surface area contributed by atoms with Crippen LogP contribution in [0.1, 0.15) is 10.4 Å². The van der Waals surface area contributed by atoms with Crippen LogP contribution in [0.25, 0.3) is 16.7 Å². The SMILES string of the molecule is COC(=O)c1ccccc1NC(=O)CSc1nc2ccccc2n2cnnc12. The van der Waals surface area contributed by atoms with Gasteiger partial charge in [-0.2, -0.15) is 0 Å². The van der Waals surface area contributed by atoms with E-state index in [-0.39, 0.29) is 11.7 Å². The van der Waals surface area contributed by atoms with E-state index in [0.29, 0.717) is 21.9 Å². The molecule has 0 unspecified atom stereocenters. The normalized spacial score (nSPS) is 10.9. The third-order valence-electron chi connectivity index (χ3n) is 4.05. The predicted molar refractivity (Wildman–Crippen MR) is 105 cm³/mol. The molecule has 0 saturated carbocycles. The molecule has 4 rings (SSSR count). The second kappa shape index (κ2) is 7.65. The molecule has 0 atom stereocenters. The number of amides is 1. The maximum Gasteiger partial charge on any atom is 0.339 e. The quantitative estimate of drug-likeness (QED) is 0.411. The van der Waals surface area contributed by atoms with Crippen LogP contribution in [-0.2, 0) is 9.53 Å². The fraction of sp³-hybridized carbons (Fsp3) is 0.105. The molecular weight excluding hydrogens is 378 g/mol. The number of aromatic nitrogens is 4. The highest BCUT2D eigenvalue weighted by molar-refractivity contribution is 8.00. The summed E-state index contributed by atoms with van der Waals surface area (Å²) in [4.78, 5) is 28.9. The van der Waals surface area contributed by atoms with Crippen molar-refractivity contribution in [3.05, 3.63) is 60.4 Å². The van der Waals surface area contributed by atoms with Crippen molar-refractivity contribution in [2.45, 2.75) is 5.03 Å². The number of hydrogen-bond acceptors (Lipinski definition) is 7. The van der Waals surface area contributed by atoms with Gasteiger partial charge in [0.2, 0.25) is 5.91 Å². The summed E-state index contributed by atoms with van der Waals surface area (Å²) < 4.78 is 6.59. The summed E-state index contributed by atoms with van der Waals surface area (Å²) in [5.41, 5.74) is 2.97. The van der Waals surface area contributed by atoms with E-state index in [1.54, 1.807) is 30.6 Å². The van der Waals surface area contributed by atoms with Crippen LogP contribution in [0.3, 0.4) is 0 Å². The van der Waals surface area contributed by atoms with Crippen molar-refractivity contribution in [2.24, 2.45) is 0 Å². The van der Waals surface area contributed by atoms with E-state index in [0.717, 1.165) is 11.0 Å².